The number of hydrogen-bond donors (Lipinski definition) is 1. The maximum Gasteiger partial charge on any atom is 0.416 e. The summed E-state index contributed by atoms with van der Waals surface area (Å²) in [5.41, 5.74) is -4.34. The number of nitrogens with one attached hydrogen (secondary N) is 1. The minimum Gasteiger partial charge on any atom is -0.469 e. The van der Waals surface area contributed by atoms with E-state index >= 15 is 0 Å². The summed E-state index contributed by atoms with van der Waals surface area (Å²) in [5, 5.41) is 2.00. The number of hydrogen-bond acceptors (Lipinski definition) is 5. The van der Waals surface area contributed by atoms with E-state index in [1.54, 1.807) is 0 Å². The van der Waals surface area contributed by atoms with Gasteiger partial charge < -0.3 is 14.8 Å². The molecule has 162 valence electrons. The number of carbonyl (C=O) groups excluding carboxylic acids is 3. The van der Waals surface area contributed by atoms with Crippen LogP contribution in [0.25, 0.3) is 0 Å². The Hall–Kier alpha value is -2.79. The maximum absolute atomic E-state index is 12.9. The Kier molecular flexibility index (Phi) is 7.64. The van der Waals surface area contributed by atoms with Gasteiger partial charge in [0.05, 0.1) is 31.3 Å². The van der Waals surface area contributed by atoms with Crippen LogP contribution in [0.5, 0.6) is 0 Å². The van der Waals surface area contributed by atoms with Gasteiger partial charge in [-0.3, -0.25) is 9.59 Å². The number of benzene rings is 1. The van der Waals surface area contributed by atoms with Crippen molar-refractivity contribution < 1.29 is 50.2 Å². The van der Waals surface area contributed by atoms with E-state index in [4.69, 9.17) is 0 Å². The zero-order valence-electron chi connectivity index (χ0n) is 15.4. The lowest BCUT2D eigenvalue weighted by molar-refractivity contribution is -0.148. The molecule has 12 heteroatoms. The average molecular weight is 429 g/mol. The molecule has 0 spiro atoms. The number of esters is 2. The highest BCUT2D eigenvalue weighted by atomic mass is 19.4. The Labute approximate surface area is 161 Å². The molecule has 1 N–H and O–H groups in total. The van der Waals surface area contributed by atoms with Crippen molar-refractivity contribution in [2.75, 3.05) is 14.2 Å². The third kappa shape index (κ3) is 6.64. The monoisotopic (exact) mass is 429 g/mol. The fourth-order valence-electron chi connectivity index (χ4n) is 2.33. The topological polar surface area (TPSA) is 81.7 Å². The van der Waals surface area contributed by atoms with Gasteiger partial charge in [-0.2, -0.15) is 26.3 Å². The summed E-state index contributed by atoms with van der Waals surface area (Å²) in [6, 6.07) is -1.19. The van der Waals surface area contributed by atoms with Gasteiger partial charge in [-0.25, -0.2) is 4.79 Å². The number of halogens is 6. The van der Waals surface area contributed by atoms with Crippen molar-refractivity contribution in [1.29, 1.82) is 0 Å². The van der Waals surface area contributed by atoms with Crippen LogP contribution in [0.2, 0.25) is 0 Å². The fraction of sp³-hybridized carbons (Fsp3) is 0.471. The first-order valence-electron chi connectivity index (χ1n) is 7.96. The van der Waals surface area contributed by atoms with Gasteiger partial charge in [0.2, 0.25) is 0 Å². The van der Waals surface area contributed by atoms with Gasteiger partial charge in [-0.05, 0) is 24.6 Å². The first kappa shape index (κ1) is 24.2. The number of amides is 1. The van der Waals surface area contributed by atoms with Crippen LogP contribution in [0, 0.1) is 5.92 Å². The van der Waals surface area contributed by atoms with Crippen LogP contribution in [0.3, 0.4) is 0 Å². The molecular weight excluding hydrogens is 412 g/mol. The van der Waals surface area contributed by atoms with Crippen molar-refractivity contribution in [3.05, 3.63) is 34.9 Å². The molecule has 2 atom stereocenters. The highest BCUT2D eigenvalue weighted by Gasteiger charge is 2.38. The maximum atomic E-state index is 12.9. The lowest BCUT2D eigenvalue weighted by Gasteiger charge is -2.20. The molecule has 0 fully saturated rings. The van der Waals surface area contributed by atoms with Crippen LogP contribution >= 0.6 is 0 Å². The molecule has 0 radical (unpaired) electrons. The van der Waals surface area contributed by atoms with E-state index in [2.05, 4.69) is 9.47 Å². The minimum absolute atomic E-state index is 0.131. The molecule has 1 aromatic carbocycles. The number of rotatable bonds is 6. The SMILES string of the molecule is COC(=O)[C@@H](C)C[C@@H](NC(=O)c1cc(C(F)(F)F)cc(C(F)(F)F)c1)C(=O)OC. The van der Waals surface area contributed by atoms with Gasteiger partial charge in [0, 0.05) is 5.56 Å². The summed E-state index contributed by atoms with van der Waals surface area (Å²) in [5.74, 6) is -4.09. The standard InChI is InChI=1S/C17H17F6NO5/c1-8(14(26)28-2)4-12(15(27)29-3)24-13(25)9-5-10(16(18,19)20)7-11(6-9)17(21,22)23/h5-8,12H,4H2,1-3H3,(H,24,25)/t8-,12+/m0/s1. The smallest absolute Gasteiger partial charge is 0.416 e. The van der Waals surface area contributed by atoms with Gasteiger partial charge in [-0.15, -0.1) is 0 Å². The first-order valence-corrected chi connectivity index (χ1v) is 7.96. The van der Waals surface area contributed by atoms with Crippen molar-refractivity contribution in [3.63, 3.8) is 0 Å². The number of methoxy groups -OCH3 is 2. The molecule has 29 heavy (non-hydrogen) atoms. The Morgan fingerprint density at radius 1 is 0.897 bits per heavy atom. The van der Waals surface area contributed by atoms with E-state index in [-0.39, 0.29) is 24.6 Å². The van der Waals surface area contributed by atoms with Crippen LogP contribution in [-0.2, 0) is 31.4 Å². The molecule has 0 heterocycles. The third-order valence-corrected chi connectivity index (χ3v) is 3.83. The van der Waals surface area contributed by atoms with Crippen molar-refractivity contribution in [1.82, 2.24) is 5.32 Å². The van der Waals surface area contributed by atoms with E-state index in [0.717, 1.165) is 14.2 Å². The van der Waals surface area contributed by atoms with Crippen LogP contribution in [0.4, 0.5) is 26.3 Å². The Morgan fingerprint density at radius 2 is 1.34 bits per heavy atom. The van der Waals surface area contributed by atoms with Crippen LogP contribution in [0.1, 0.15) is 34.8 Å². The molecule has 0 bridgehead atoms. The molecule has 1 rings (SSSR count). The zero-order valence-corrected chi connectivity index (χ0v) is 15.4. The molecule has 1 amide bonds. The Bertz CT molecular complexity index is 742. The van der Waals surface area contributed by atoms with Gasteiger partial charge in [-0.1, -0.05) is 6.92 Å². The lowest BCUT2D eigenvalue weighted by Crippen LogP contribution is -2.43. The largest absolute Gasteiger partial charge is 0.469 e. The van der Waals surface area contributed by atoms with Crippen molar-refractivity contribution in [2.45, 2.75) is 31.7 Å². The predicted molar refractivity (Wildman–Crippen MR) is 85.5 cm³/mol. The normalized spacial score (nSPS) is 14.0. The van der Waals surface area contributed by atoms with Crippen LogP contribution < -0.4 is 5.32 Å². The fourth-order valence-corrected chi connectivity index (χ4v) is 2.33. The second-order valence-electron chi connectivity index (χ2n) is 6.00. The summed E-state index contributed by atoms with van der Waals surface area (Å²) in [7, 11) is 2.03. The van der Waals surface area contributed by atoms with E-state index in [9.17, 15) is 40.7 Å². The summed E-state index contributed by atoms with van der Waals surface area (Å²) in [4.78, 5) is 35.6. The molecule has 0 saturated carbocycles. The van der Waals surface area contributed by atoms with E-state index < -0.39 is 58.8 Å². The molecule has 0 unspecified atom stereocenters. The summed E-state index contributed by atoms with van der Waals surface area (Å²) >= 11 is 0. The Balaban J connectivity index is 3.26. The van der Waals surface area contributed by atoms with Crippen LogP contribution in [-0.4, -0.2) is 38.1 Å². The summed E-state index contributed by atoms with van der Waals surface area (Å²) in [6.45, 7) is 1.35. The van der Waals surface area contributed by atoms with E-state index in [1.807, 2.05) is 5.32 Å². The van der Waals surface area contributed by atoms with E-state index in [1.165, 1.54) is 6.92 Å². The summed E-state index contributed by atoms with van der Waals surface area (Å²) in [6.07, 6.45) is -10.6. The number of carbonyl (C=O) groups is 3. The van der Waals surface area contributed by atoms with Gasteiger partial charge in [0.25, 0.3) is 5.91 Å². The molecule has 0 aliphatic heterocycles. The third-order valence-electron chi connectivity index (χ3n) is 3.83. The Morgan fingerprint density at radius 3 is 1.72 bits per heavy atom. The summed E-state index contributed by atoms with van der Waals surface area (Å²) < 4.78 is 86.4. The second-order valence-corrected chi connectivity index (χ2v) is 6.00. The highest BCUT2D eigenvalue weighted by Crippen LogP contribution is 2.36. The van der Waals surface area contributed by atoms with Crippen molar-refractivity contribution in [2.24, 2.45) is 5.92 Å². The van der Waals surface area contributed by atoms with Crippen molar-refractivity contribution in [3.8, 4) is 0 Å². The lowest BCUT2D eigenvalue weighted by atomic mass is 10.0. The van der Waals surface area contributed by atoms with Crippen LogP contribution in [0.15, 0.2) is 18.2 Å². The van der Waals surface area contributed by atoms with Gasteiger partial charge in [0.15, 0.2) is 0 Å². The second kappa shape index (κ2) is 9.14. The van der Waals surface area contributed by atoms with E-state index in [0.29, 0.717) is 0 Å². The average Bonchev–Trinajstić information content (AvgIpc) is 2.63. The number of alkyl halides is 6. The molecule has 1 aromatic rings. The highest BCUT2D eigenvalue weighted by molar-refractivity contribution is 5.97. The molecule has 6 nitrogen and oxygen atoms in total. The minimum atomic E-state index is -5.14. The quantitative estimate of drug-likeness (QED) is 0.555. The predicted octanol–water partition coefficient (Wildman–Crippen LogP) is 3.19. The first-order chi connectivity index (χ1) is 13.2. The molecule has 0 aromatic heterocycles. The van der Waals surface area contributed by atoms with Gasteiger partial charge >= 0.3 is 24.3 Å². The molecule has 0 aliphatic carbocycles. The number of ether oxygens (including phenoxy) is 2. The zero-order chi connectivity index (χ0) is 22.6. The molecule has 0 saturated heterocycles. The molecular formula is C17H17F6NO5. The van der Waals surface area contributed by atoms with Gasteiger partial charge in [0.1, 0.15) is 6.04 Å². The van der Waals surface area contributed by atoms with Crippen molar-refractivity contribution >= 4 is 17.8 Å². The molecule has 0 aliphatic rings.